The smallest absolute Gasteiger partial charge is 0.268 e. The van der Waals surface area contributed by atoms with E-state index in [-0.39, 0.29) is 17.2 Å². The van der Waals surface area contributed by atoms with Crippen LogP contribution in [-0.2, 0) is 16.4 Å². The molecule has 1 N–H and O–H groups in total. The van der Waals surface area contributed by atoms with Gasteiger partial charge in [-0.05, 0) is 37.3 Å². The van der Waals surface area contributed by atoms with Gasteiger partial charge in [-0.25, -0.2) is 12.4 Å². The summed E-state index contributed by atoms with van der Waals surface area (Å²) in [6.07, 6.45) is 1.83. The lowest BCUT2D eigenvalue weighted by atomic mass is 10.1. The number of aryl methyl sites for hydroxylation is 1. The van der Waals surface area contributed by atoms with Crippen molar-refractivity contribution in [2.24, 2.45) is 0 Å². The van der Waals surface area contributed by atoms with E-state index in [1.165, 1.54) is 3.97 Å². The van der Waals surface area contributed by atoms with E-state index < -0.39 is 10.0 Å². The Morgan fingerprint density at radius 2 is 1.61 bits per heavy atom. The van der Waals surface area contributed by atoms with Crippen LogP contribution in [0.1, 0.15) is 21.6 Å². The molecule has 3 aromatic carbocycles. The summed E-state index contributed by atoms with van der Waals surface area (Å²) in [5.41, 5.74) is 2.76. The minimum Gasteiger partial charge on any atom is -0.322 e. The summed E-state index contributed by atoms with van der Waals surface area (Å²) >= 11 is 0. The van der Waals surface area contributed by atoms with Gasteiger partial charge in [0.15, 0.2) is 0 Å². The summed E-state index contributed by atoms with van der Waals surface area (Å²) in [5.74, 6) is -0.364. The summed E-state index contributed by atoms with van der Waals surface area (Å²) in [7, 11) is -3.93. The van der Waals surface area contributed by atoms with Crippen molar-refractivity contribution in [3.8, 4) is 0 Å². The summed E-state index contributed by atoms with van der Waals surface area (Å²) in [6, 6.07) is 22.8. The first-order valence-electron chi connectivity index (χ1n) is 9.85. The number of hydrogen-bond acceptors (Lipinski definition) is 3. The van der Waals surface area contributed by atoms with Gasteiger partial charge in [-0.3, -0.25) is 4.79 Å². The zero-order valence-electron chi connectivity index (χ0n) is 17.1. The first kappa shape index (κ1) is 20.6. The van der Waals surface area contributed by atoms with E-state index in [1.54, 1.807) is 66.7 Å². The summed E-state index contributed by atoms with van der Waals surface area (Å²) in [6.45, 7) is 5.68. The van der Waals surface area contributed by atoms with E-state index in [1.807, 2.05) is 25.1 Å². The van der Waals surface area contributed by atoms with Crippen molar-refractivity contribution in [3.63, 3.8) is 0 Å². The maximum atomic E-state index is 13.6. The topological polar surface area (TPSA) is 68.2 Å². The number of benzene rings is 3. The number of nitrogens with one attached hydrogen (secondary N) is 1. The normalized spacial score (nSPS) is 11.4. The standard InChI is InChI=1S/C25H22N2O3S/c1-3-9-23-24(25(28)26-19-10-5-4-6-11-19)21-12-7-8-13-22(21)27(23)31(29,30)20-16-14-18(2)15-17-20/h3-8,10-17H,1,9H2,2H3,(H,26,28). The fourth-order valence-corrected chi connectivity index (χ4v) is 5.21. The van der Waals surface area contributed by atoms with Crippen LogP contribution in [0.4, 0.5) is 5.69 Å². The number of aromatic nitrogens is 1. The average Bonchev–Trinajstić information content (AvgIpc) is 3.09. The Hall–Kier alpha value is -3.64. The van der Waals surface area contributed by atoms with Gasteiger partial charge in [0.1, 0.15) is 0 Å². The molecule has 0 aliphatic rings. The largest absolute Gasteiger partial charge is 0.322 e. The molecule has 4 rings (SSSR count). The predicted molar refractivity (Wildman–Crippen MR) is 124 cm³/mol. The summed E-state index contributed by atoms with van der Waals surface area (Å²) < 4.78 is 28.6. The number of rotatable bonds is 6. The van der Waals surface area contributed by atoms with E-state index in [4.69, 9.17) is 0 Å². The summed E-state index contributed by atoms with van der Waals surface area (Å²) in [4.78, 5) is 13.5. The molecule has 0 bridgehead atoms. The zero-order chi connectivity index (χ0) is 22.0. The van der Waals surface area contributed by atoms with Gasteiger partial charge in [0.2, 0.25) is 0 Å². The molecule has 5 nitrogen and oxygen atoms in total. The second-order valence-corrected chi connectivity index (χ2v) is 9.02. The quantitative estimate of drug-likeness (QED) is 0.429. The lowest BCUT2D eigenvalue weighted by Crippen LogP contribution is -2.19. The van der Waals surface area contributed by atoms with Gasteiger partial charge in [0.25, 0.3) is 15.9 Å². The molecule has 31 heavy (non-hydrogen) atoms. The minimum atomic E-state index is -3.93. The zero-order valence-corrected chi connectivity index (χ0v) is 17.9. The SMILES string of the molecule is C=CCc1c(C(=O)Nc2ccccc2)c2ccccc2n1S(=O)(=O)c1ccc(C)cc1. The van der Waals surface area contributed by atoms with E-state index in [9.17, 15) is 13.2 Å². The van der Waals surface area contributed by atoms with Crippen molar-refractivity contribution in [1.82, 2.24) is 3.97 Å². The number of fused-ring (bicyclic) bond motifs is 1. The van der Waals surface area contributed by atoms with Crippen LogP contribution in [0.2, 0.25) is 0 Å². The Kier molecular flexibility index (Phi) is 5.48. The van der Waals surface area contributed by atoms with E-state index in [0.717, 1.165) is 5.56 Å². The van der Waals surface area contributed by atoms with Gasteiger partial charge >= 0.3 is 0 Å². The van der Waals surface area contributed by atoms with Crippen LogP contribution in [0, 0.1) is 6.92 Å². The van der Waals surface area contributed by atoms with E-state index >= 15 is 0 Å². The lowest BCUT2D eigenvalue weighted by Gasteiger charge is -2.12. The highest BCUT2D eigenvalue weighted by molar-refractivity contribution is 7.90. The van der Waals surface area contributed by atoms with Gasteiger partial charge in [-0.1, -0.05) is 60.2 Å². The van der Waals surface area contributed by atoms with Crippen LogP contribution >= 0.6 is 0 Å². The van der Waals surface area contributed by atoms with Crippen LogP contribution in [0.3, 0.4) is 0 Å². The summed E-state index contributed by atoms with van der Waals surface area (Å²) in [5, 5.41) is 3.45. The molecule has 1 amide bonds. The predicted octanol–water partition coefficient (Wildman–Crippen LogP) is 5.17. The van der Waals surface area contributed by atoms with Crippen LogP contribution < -0.4 is 5.32 Å². The first-order valence-corrected chi connectivity index (χ1v) is 11.3. The van der Waals surface area contributed by atoms with Crippen LogP contribution in [0.25, 0.3) is 10.9 Å². The highest BCUT2D eigenvalue weighted by atomic mass is 32.2. The van der Waals surface area contributed by atoms with Gasteiger partial charge in [-0.15, -0.1) is 6.58 Å². The van der Waals surface area contributed by atoms with Crippen molar-refractivity contribution in [1.29, 1.82) is 0 Å². The van der Waals surface area contributed by atoms with Gasteiger partial charge < -0.3 is 5.32 Å². The molecule has 0 aliphatic carbocycles. The molecule has 0 unspecified atom stereocenters. The molecule has 0 saturated heterocycles. The molecule has 0 atom stereocenters. The molecule has 0 fully saturated rings. The molecular weight excluding hydrogens is 408 g/mol. The average molecular weight is 431 g/mol. The third kappa shape index (κ3) is 3.78. The van der Waals surface area contributed by atoms with Gasteiger partial charge in [0, 0.05) is 17.5 Å². The molecular formula is C25H22N2O3S. The third-order valence-corrected chi connectivity index (χ3v) is 6.85. The number of carbonyl (C=O) groups excluding carboxylic acids is 1. The Morgan fingerprint density at radius 3 is 2.29 bits per heavy atom. The fourth-order valence-electron chi connectivity index (χ4n) is 3.64. The number of para-hydroxylation sites is 2. The van der Waals surface area contributed by atoms with Gasteiger partial charge in [-0.2, -0.15) is 0 Å². The second-order valence-electron chi connectivity index (χ2n) is 7.23. The maximum absolute atomic E-state index is 13.6. The van der Waals surface area contributed by atoms with Crippen LogP contribution in [0.15, 0.2) is 96.4 Å². The Bertz CT molecular complexity index is 1370. The number of anilines is 1. The first-order chi connectivity index (χ1) is 14.9. The number of amides is 1. The molecule has 1 heterocycles. The molecule has 4 aromatic rings. The van der Waals surface area contributed by atoms with Crippen molar-refractivity contribution in [2.75, 3.05) is 5.32 Å². The molecule has 156 valence electrons. The molecule has 0 aliphatic heterocycles. The lowest BCUT2D eigenvalue weighted by molar-refractivity contribution is 0.102. The fraction of sp³-hybridized carbons (Fsp3) is 0.0800. The molecule has 1 aromatic heterocycles. The Balaban J connectivity index is 1.96. The number of hydrogen-bond donors (Lipinski definition) is 1. The van der Waals surface area contributed by atoms with E-state index in [2.05, 4.69) is 11.9 Å². The van der Waals surface area contributed by atoms with Crippen LogP contribution in [-0.4, -0.2) is 18.3 Å². The number of carbonyl (C=O) groups is 1. The molecule has 0 radical (unpaired) electrons. The molecule has 0 spiro atoms. The monoisotopic (exact) mass is 430 g/mol. The van der Waals surface area contributed by atoms with Crippen molar-refractivity contribution in [2.45, 2.75) is 18.2 Å². The Morgan fingerprint density at radius 1 is 0.968 bits per heavy atom. The molecule has 6 heteroatoms. The van der Waals surface area contributed by atoms with Crippen molar-refractivity contribution >= 4 is 32.5 Å². The van der Waals surface area contributed by atoms with Gasteiger partial charge in [0.05, 0.1) is 21.7 Å². The number of nitrogens with zero attached hydrogens (tertiary/aromatic N) is 1. The highest BCUT2D eigenvalue weighted by Gasteiger charge is 2.29. The maximum Gasteiger partial charge on any atom is 0.268 e. The van der Waals surface area contributed by atoms with Crippen molar-refractivity contribution < 1.29 is 13.2 Å². The number of allylic oxidation sites excluding steroid dienone is 1. The molecule has 0 saturated carbocycles. The minimum absolute atomic E-state index is 0.166. The van der Waals surface area contributed by atoms with E-state index in [0.29, 0.717) is 27.8 Å². The Labute approximate surface area is 181 Å². The highest BCUT2D eigenvalue weighted by Crippen LogP contribution is 2.32. The van der Waals surface area contributed by atoms with Crippen LogP contribution in [0.5, 0.6) is 0 Å². The third-order valence-electron chi connectivity index (χ3n) is 5.08. The second kappa shape index (κ2) is 8.24. The van der Waals surface area contributed by atoms with Crippen molar-refractivity contribution in [3.05, 3.63) is 108 Å².